The number of amides is 1. The van der Waals surface area contributed by atoms with Gasteiger partial charge in [-0.05, 0) is 6.92 Å². The van der Waals surface area contributed by atoms with Gasteiger partial charge in [0, 0.05) is 0 Å². The van der Waals surface area contributed by atoms with Gasteiger partial charge in [-0.3, -0.25) is 0 Å². The van der Waals surface area contributed by atoms with E-state index in [-0.39, 0.29) is 0 Å². The summed E-state index contributed by atoms with van der Waals surface area (Å²) in [6.45, 7) is 1.43. The van der Waals surface area contributed by atoms with Crippen molar-refractivity contribution < 1.29 is 9.53 Å². The molecule has 2 N–H and O–H groups in total. The van der Waals surface area contributed by atoms with Crippen molar-refractivity contribution in [2.75, 3.05) is 0 Å². The standard InChI is InChI=1S/C4H6Cl3NO2/c1-2(4(5,6)7)10-3(8)9/h2H,1H3,(H2,8,9)/t2-/m1/s1. The highest BCUT2D eigenvalue weighted by atomic mass is 35.6. The van der Waals surface area contributed by atoms with Crippen molar-refractivity contribution in [3.63, 3.8) is 0 Å². The van der Waals surface area contributed by atoms with E-state index in [1.54, 1.807) is 0 Å². The van der Waals surface area contributed by atoms with Gasteiger partial charge < -0.3 is 10.5 Å². The zero-order chi connectivity index (χ0) is 8.36. The van der Waals surface area contributed by atoms with Gasteiger partial charge in [-0.1, -0.05) is 34.8 Å². The van der Waals surface area contributed by atoms with E-state index in [0.717, 1.165) is 0 Å². The Hall–Kier alpha value is 0.140. The lowest BCUT2D eigenvalue weighted by Crippen LogP contribution is -2.30. The number of halogens is 3. The third-order valence-corrected chi connectivity index (χ3v) is 1.68. The van der Waals surface area contributed by atoms with Crippen LogP contribution in [0.15, 0.2) is 0 Å². The number of alkyl halides is 3. The SMILES string of the molecule is C[C@@H](OC(N)=O)C(Cl)(Cl)Cl. The van der Waals surface area contributed by atoms with Crippen molar-refractivity contribution in [1.29, 1.82) is 0 Å². The summed E-state index contributed by atoms with van der Waals surface area (Å²) >= 11 is 16.0. The van der Waals surface area contributed by atoms with E-state index < -0.39 is 16.0 Å². The quantitative estimate of drug-likeness (QED) is 0.666. The first-order valence-corrected chi connectivity index (χ1v) is 3.50. The molecule has 0 aliphatic rings. The Morgan fingerprint density at radius 3 is 2.10 bits per heavy atom. The molecule has 0 radical (unpaired) electrons. The molecule has 0 heterocycles. The summed E-state index contributed by atoms with van der Waals surface area (Å²) in [6, 6.07) is 0. The fourth-order valence-corrected chi connectivity index (χ4v) is 0.375. The molecule has 0 bridgehead atoms. The van der Waals surface area contributed by atoms with E-state index in [2.05, 4.69) is 10.5 Å². The largest absolute Gasteiger partial charge is 0.442 e. The maximum absolute atomic E-state index is 10.1. The third kappa shape index (κ3) is 4.04. The molecule has 0 aliphatic heterocycles. The van der Waals surface area contributed by atoms with Crippen LogP contribution in [0.3, 0.4) is 0 Å². The second kappa shape index (κ2) is 3.51. The monoisotopic (exact) mass is 205 g/mol. The van der Waals surface area contributed by atoms with Gasteiger partial charge in [0.2, 0.25) is 3.79 Å². The lowest BCUT2D eigenvalue weighted by atomic mass is 10.5. The summed E-state index contributed by atoms with van der Waals surface area (Å²) in [5.41, 5.74) is 4.65. The molecule has 0 rings (SSSR count). The summed E-state index contributed by atoms with van der Waals surface area (Å²) in [5.74, 6) is 0. The molecule has 0 unspecified atom stereocenters. The van der Waals surface area contributed by atoms with Gasteiger partial charge in [-0.2, -0.15) is 0 Å². The smallest absolute Gasteiger partial charge is 0.404 e. The Morgan fingerprint density at radius 2 is 2.00 bits per heavy atom. The van der Waals surface area contributed by atoms with E-state index in [0.29, 0.717) is 0 Å². The predicted octanol–water partition coefficient (Wildman–Crippen LogP) is 1.84. The molecule has 10 heavy (non-hydrogen) atoms. The minimum Gasteiger partial charge on any atom is -0.442 e. The first kappa shape index (κ1) is 10.1. The minimum absolute atomic E-state index is 0.838. The highest BCUT2D eigenvalue weighted by Gasteiger charge is 2.31. The zero-order valence-electron chi connectivity index (χ0n) is 5.11. The van der Waals surface area contributed by atoms with Crippen LogP contribution in [-0.2, 0) is 4.74 Å². The molecule has 0 aromatic heterocycles. The molecule has 6 heteroatoms. The van der Waals surface area contributed by atoms with Crippen molar-refractivity contribution >= 4 is 40.9 Å². The number of hydrogen-bond acceptors (Lipinski definition) is 2. The van der Waals surface area contributed by atoms with Crippen LogP contribution in [0.1, 0.15) is 6.92 Å². The van der Waals surface area contributed by atoms with Crippen LogP contribution >= 0.6 is 34.8 Å². The van der Waals surface area contributed by atoms with E-state index in [1.807, 2.05) is 0 Å². The fraction of sp³-hybridized carbons (Fsp3) is 0.750. The topological polar surface area (TPSA) is 52.3 Å². The Balaban J connectivity index is 3.85. The Bertz CT molecular complexity index is 133. The van der Waals surface area contributed by atoms with Crippen LogP contribution < -0.4 is 5.73 Å². The average Bonchev–Trinajstić information content (AvgIpc) is 1.60. The lowest BCUT2D eigenvalue weighted by Gasteiger charge is -2.18. The molecule has 0 aliphatic carbocycles. The lowest BCUT2D eigenvalue weighted by molar-refractivity contribution is 0.118. The molecule has 3 nitrogen and oxygen atoms in total. The first-order valence-electron chi connectivity index (χ1n) is 2.37. The van der Waals surface area contributed by atoms with E-state index in [9.17, 15) is 4.79 Å². The van der Waals surface area contributed by atoms with Crippen LogP contribution in [0.5, 0.6) is 0 Å². The molecule has 0 spiro atoms. The number of carbonyl (C=O) groups is 1. The molecule has 0 aromatic carbocycles. The van der Waals surface area contributed by atoms with Gasteiger partial charge in [0.1, 0.15) is 6.10 Å². The first-order chi connectivity index (χ1) is 4.34. The van der Waals surface area contributed by atoms with Gasteiger partial charge >= 0.3 is 6.09 Å². The molecular weight excluding hydrogens is 200 g/mol. The molecule has 0 aromatic rings. The van der Waals surface area contributed by atoms with Crippen molar-refractivity contribution in [1.82, 2.24) is 0 Å². The second-order valence-corrected chi connectivity index (χ2v) is 3.99. The molecule has 1 atom stereocenters. The molecule has 0 saturated heterocycles. The van der Waals surface area contributed by atoms with Crippen molar-refractivity contribution in [3.05, 3.63) is 0 Å². The predicted molar refractivity (Wildman–Crippen MR) is 40.4 cm³/mol. The maximum Gasteiger partial charge on any atom is 0.404 e. The molecule has 60 valence electrons. The summed E-state index contributed by atoms with van der Waals surface area (Å²) < 4.78 is 2.74. The fourth-order valence-electron chi connectivity index (χ4n) is 0.241. The van der Waals surface area contributed by atoms with Crippen LogP contribution in [0.2, 0.25) is 0 Å². The molecular formula is C4H6Cl3NO2. The third-order valence-electron chi connectivity index (χ3n) is 0.754. The maximum atomic E-state index is 10.1. The average molecular weight is 206 g/mol. The molecule has 0 saturated carbocycles. The Kier molecular flexibility index (Phi) is 3.56. The number of carbonyl (C=O) groups excluding carboxylic acids is 1. The summed E-state index contributed by atoms with van der Waals surface area (Å²) in [5, 5.41) is 0. The summed E-state index contributed by atoms with van der Waals surface area (Å²) in [7, 11) is 0. The van der Waals surface area contributed by atoms with Crippen molar-refractivity contribution in [3.8, 4) is 0 Å². The van der Waals surface area contributed by atoms with Gasteiger partial charge in [-0.25, -0.2) is 4.79 Å². The van der Waals surface area contributed by atoms with E-state index >= 15 is 0 Å². The number of hydrogen-bond donors (Lipinski definition) is 1. The summed E-state index contributed by atoms with van der Waals surface area (Å²) in [4.78, 5) is 10.1. The number of nitrogens with two attached hydrogens (primary N) is 1. The van der Waals surface area contributed by atoms with Crippen LogP contribution in [0.4, 0.5) is 4.79 Å². The number of rotatable bonds is 1. The van der Waals surface area contributed by atoms with E-state index in [1.165, 1.54) is 6.92 Å². The van der Waals surface area contributed by atoms with Gasteiger partial charge in [-0.15, -0.1) is 0 Å². The highest BCUT2D eigenvalue weighted by molar-refractivity contribution is 6.68. The highest BCUT2D eigenvalue weighted by Crippen LogP contribution is 2.31. The number of primary amides is 1. The van der Waals surface area contributed by atoms with Crippen LogP contribution in [0.25, 0.3) is 0 Å². The molecule has 1 amide bonds. The second-order valence-electron chi connectivity index (χ2n) is 1.62. The minimum atomic E-state index is -1.62. The van der Waals surface area contributed by atoms with Gasteiger partial charge in [0.15, 0.2) is 0 Å². The molecule has 0 fully saturated rings. The van der Waals surface area contributed by atoms with Crippen LogP contribution in [0, 0.1) is 0 Å². The zero-order valence-corrected chi connectivity index (χ0v) is 7.37. The Labute approximate surface area is 73.4 Å². The normalized spacial score (nSPS) is 14.4. The van der Waals surface area contributed by atoms with Crippen molar-refractivity contribution in [2.24, 2.45) is 5.73 Å². The number of ether oxygens (including phenoxy) is 1. The Morgan fingerprint density at radius 1 is 1.60 bits per heavy atom. The van der Waals surface area contributed by atoms with Crippen molar-refractivity contribution in [2.45, 2.75) is 16.8 Å². The summed E-state index contributed by atoms with van der Waals surface area (Å²) in [6.07, 6.45) is -1.80. The van der Waals surface area contributed by atoms with Gasteiger partial charge in [0.25, 0.3) is 0 Å². The van der Waals surface area contributed by atoms with Gasteiger partial charge in [0.05, 0.1) is 0 Å². The van der Waals surface area contributed by atoms with Crippen LogP contribution in [-0.4, -0.2) is 16.0 Å². The van der Waals surface area contributed by atoms with E-state index in [4.69, 9.17) is 34.8 Å².